The van der Waals surface area contributed by atoms with E-state index in [2.05, 4.69) is 10.5 Å². The van der Waals surface area contributed by atoms with Crippen LogP contribution in [0.2, 0.25) is 5.02 Å². The minimum Gasteiger partial charge on any atom is -0.490 e. The Kier molecular flexibility index (Phi) is 7.99. The summed E-state index contributed by atoms with van der Waals surface area (Å²) in [7, 11) is 0. The van der Waals surface area contributed by atoms with E-state index in [-0.39, 0.29) is 11.3 Å². The van der Waals surface area contributed by atoms with E-state index in [0.717, 1.165) is 5.56 Å². The number of hydrogen-bond acceptors (Lipinski definition) is 6. The molecule has 3 aromatic carbocycles. The van der Waals surface area contributed by atoms with Gasteiger partial charge < -0.3 is 9.47 Å². The zero-order valence-electron chi connectivity index (χ0n) is 18.1. The van der Waals surface area contributed by atoms with Gasteiger partial charge in [0.15, 0.2) is 11.5 Å². The average Bonchev–Trinajstić information content (AvgIpc) is 2.79. The number of hydrogen-bond donors (Lipinski definition) is 1. The summed E-state index contributed by atoms with van der Waals surface area (Å²) in [5.74, 6) is 0.537. The molecule has 9 heteroatoms. The first-order valence-corrected chi connectivity index (χ1v) is 10.5. The van der Waals surface area contributed by atoms with Gasteiger partial charge in [0.05, 0.1) is 17.7 Å². The van der Waals surface area contributed by atoms with Crippen LogP contribution >= 0.6 is 11.6 Å². The highest BCUT2D eigenvalue weighted by molar-refractivity contribution is 6.30. The van der Waals surface area contributed by atoms with Crippen molar-refractivity contribution in [3.05, 3.63) is 98.1 Å². The lowest BCUT2D eigenvalue weighted by Gasteiger charge is -2.12. The van der Waals surface area contributed by atoms with E-state index in [4.69, 9.17) is 21.1 Å². The van der Waals surface area contributed by atoms with E-state index in [9.17, 15) is 14.9 Å². The van der Waals surface area contributed by atoms with Crippen LogP contribution in [0.5, 0.6) is 11.5 Å². The van der Waals surface area contributed by atoms with Crippen molar-refractivity contribution < 1.29 is 19.2 Å². The maximum Gasteiger partial charge on any atom is 0.273 e. The number of carbonyl (C=O) groups excluding carboxylic acids is 1. The highest BCUT2D eigenvalue weighted by Gasteiger charge is 2.14. The Labute approximate surface area is 195 Å². The molecule has 1 N–H and O–H groups in total. The third-order valence-corrected chi connectivity index (χ3v) is 4.83. The molecular weight excluding hydrogens is 446 g/mol. The molecule has 0 atom stereocenters. The molecule has 33 heavy (non-hydrogen) atoms. The van der Waals surface area contributed by atoms with Gasteiger partial charge >= 0.3 is 0 Å². The minimum absolute atomic E-state index is 0.124. The fourth-order valence-corrected chi connectivity index (χ4v) is 3.17. The SMILES string of the molecule is CCOc1cc(/C=N\NC(=O)c2ccc(C)c([N+](=O)[O-])c2)ccc1OCc1cccc(Cl)c1. The van der Waals surface area contributed by atoms with Crippen molar-refractivity contribution in [2.45, 2.75) is 20.5 Å². The van der Waals surface area contributed by atoms with Crippen LogP contribution in [0.15, 0.2) is 65.8 Å². The molecule has 0 bridgehead atoms. The van der Waals surface area contributed by atoms with Gasteiger partial charge in [-0.1, -0.05) is 29.8 Å². The quantitative estimate of drug-likeness (QED) is 0.261. The molecule has 8 nitrogen and oxygen atoms in total. The summed E-state index contributed by atoms with van der Waals surface area (Å²) >= 11 is 6.01. The monoisotopic (exact) mass is 467 g/mol. The van der Waals surface area contributed by atoms with Crippen molar-refractivity contribution in [3.63, 3.8) is 0 Å². The van der Waals surface area contributed by atoms with Crippen LogP contribution in [0.4, 0.5) is 5.69 Å². The third-order valence-electron chi connectivity index (χ3n) is 4.60. The smallest absolute Gasteiger partial charge is 0.273 e. The first-order chi connectivity index (χ1) is 15.9. The van der Waals surface area contributed by atoms with Gasteiger partial charge in [-0.2, -0.15) is 5.10 Å². The molecule has 0 saturated heterocycles. The highest BCUT2D eigenvalue weighted by Crippen LogP contribution is 2.29. The number of halogens is 1. The van der Waals surface area contributed by atoms with Gasteiger partial charge in [0, 0.05) is 22.2 Å². The number of nitrogens with one attached hydrogen (secondary N) is 1. The number of rotatable bonds is 9. The number of aryl methyl sites for hydroxylation is 1. The van der Waals surface area contributed by atoms with Crippen molar-refractivity contribution in [2.75, 3.05) is 6.61 Å². The highest BCUT2D eigenvalue weighted by atomic mass is 35.5. The van der Waals surface area contributed by atoms with Gasteiger partial charge in [0.2, 0.25) is 0 Å². The molecule has 0 spiro atoms. The number of nitrogens with zero attached hydrogens (tertiary/aromatic N) is 2. The number of hydrazone groups is 1. The van der Waals surface area contributed by atoms with E-state index in [0.29, 0.717) is 40.9 Å². The van der Waals surface area contributed by atoms with E-state index in [1.807, 2.05) is 25.1 Å². The standard InChI is InChI=1S/C24H22ClN3O5/c1-3-32-23-12-17(8-10-22(23)33-15-18-5-4-6-20(25)11-18)14-26-27-24(29)19-9-7-16(2)21(13-19)28(30)31/h4-14H,3,15H2,1-2H3,(H,27,29)/b26-14-. The second kappa shape index (κ2) is 11.1. The van der Waals surface area contributed by atoms with Gasteiger partial charge in [0.1, 0.15) is 6.61 Å². The molecule has 0 saturated carbocycles. The lowest BCUT2D eigenvalue weighted by atomic mass is 10.1. The summed E-state index contributed by atoms with van der Waals surface area (Å²) in [5.41, 5.74) is 4.46. The zero-order valence-corrected chi connectivity index (χ0v) is 18.8. The van der Waals surface area contributed by atoms with Crippen LogP contribution < -0.4 is 14.9 Å². The maximum absolute atomic E-state index is 12.3. The Morgan fingerprint density at radius 1 is 1.12 bits per heavy atom. The van der Waals surface area contributed by atoms with E-state index in [1.54, 1.807) is 31.2 Å². The van der Waals surface area contributed by atoms with Gasteiger partial charge in [-0.25, -0.2) is 5.43 Å². The zero-order chi connectivity index (χ0) is 23.8. The Morgan fingerprint density at radius 2 is 1.94 bits per heavy atom. The van der Waals surface area contributed by atoms with Crippen molar-refractivity contribution in [3.8, 4) is 11.5 Å². The first-order valence-electron chi connectivity index (χ1n) is 10.1. The van der Waals surface area contributed by atoms with Gasteiger partial charge in [-0.3, -0.25) is 14.9 Å². The molecule has 0 aromatic heterocycles. The summed E-state index contributed by atoms with van der Waals surface area (Å²) in [6.07, 6.45) is 1.45. The molecule has 0 aliphatic rings. The molecule has 3 aromatic rings. The van der Waals surface area contributed by atoms with Gasteiger partial charge in [0.25, 0.3) is 11.6 Å². The second-order valence-electron chi connectivity index (χ2n) is 7.02. The summed E-state index contributed by atoms with van der Waals surface area (Å²) in [4.78, 5) is 22.8. The molecule has 0 aliphatic carbocycles. The number of ether oxygens (including phenoxy) is 2. The predicted molar refractivity (Wildman–Crippen MR) is 126 cm³/mol. The van der Waals surface area contributed by atoms with Crippen LogP contribution in [0.1, 0.15) is 34.0 Å². The van der Waals surface area contributed by atoms with E-state index in [1.165, 1.54) is 24.4 Å². The van der Waals surface area contributed by atoms with Gasteiger partial charge in [-0.15, -0.1) is 0 Å². The fraction of sp³-hybridized carbons (Fsp3) is 0.167. The molecule has 1 amide bonds. The largest absolute Gasteiger partial charge is 0.490 e. The maximum atomic E-state index is 12.3. The summed E-state index contributed by atoms with van der Waals surface area (Å²) < 4.78 is 11.5. The molecule has 0 radical (unpaired) electrons. The molecule has 0 aliphatic heterocycles. The molecule has 0 fully saturated rings. The van der Waals surface area contributed by atoms with Crippen LogP contribution in [-0.2, 0) is 6.61 Å². The van der Waals surface area contributed by atoms with E-state index >= 15 is 0 Å². The number of nitro groups is 1. The predicted octanol–water partition coefficient (Wildman–Crippen LogP) is 5.30. The Bertz CT molecular complexity index is 1200. The minimum atomic E-state index is -0.555. The topological polar surface area (TPSA) is 103 Å². The Balaban J connectivity index is 1.68. The molecular formula is C24H22ClN3O5. The lowest BCUT2D eigenvalue weighted by molar-refractivity contribution is -0.385. The summed E-state index contributed by atoms with van der Waals surface area (Å²) in [6, 6.07) is 16.9. The normalized spacial score (nSPS) is 10.8. The van der Waals surface area contributed by atoms with Crippen molar-refractivity contribution in [1.82, 2.24) is 5.43 Å². The van der Waals surface area contributed by atoms with Crippen molar-refractivity contribution in [2.24, 2.45) is 5.10 Å². The average molecular weight is 468 g/mol. The molecule has 170 valence electrons. The molecule has 3 rings (SSSR count). The fourth-order valence-electron chi connectivity index (χ4n) is 2.96. The second-order valence-corrected chi connectivity index (χ2v) is 7.45. The van der Waals surface area contributed by atoms with Crippen LogP contribution in [0, 0.1) is 17.0 Å². The number of carbonyl (C=O) groups is 1. The number of amides is 1. The van der Waals surface area contributed by atoms with Crippen LogP contribution in [0.3, 0.4) is 0 Å². The van der Waals surface area contributed by atoms with Crippen LogP contribution in [-0.4, -0.2) is 23.7 Å². The van der Waals surface area contributed by atoms with Crippen molar-refractivity contribution >= 4 is 29.4 Å². The Hall–Kier alpha value is -3.91. The Morgan fingerprint density at radius 3 is 2.67 bits per heavy atom. The first kappa shape index (κ1) is 23.7. The number of benzene rings is 3. The lowest BCUT2D eigenvalue weighted by Crippen LogP contribution is -2.17. The van der Waals surface area contributed by atoms with Crippen molar-refractivity contribution in [1.29, 1.82) is 0 Å². The van der Waals surface area contributed by atoms with Gasteiger partial charge in [-0.05, 0) is 61.4 Å². The summed E-state index contributed by atoms with van der Waals surface area (Å²) in [5, 5.41) is 15.6. The number of nitro benzene ring substituents is 1. The van der Waals surface area contributed by atoms with Crippen LogP contribution in [0.25, 0.3) is 0 Å². The third kappa shape index (κ3) is 6.54. The molecule has 0 heterocycles. The summed E-state index contributed by atoms with van der Waals surface area (Å²) in [6.45, 7) is 4.24. The molecule has 0 unspecified atom stereocenters. The van der Waals surface area contributed by atoms with E-state index < -0.39 is 10.8 Å².